The van der Waals surface area contributed by atoms with Gasteiger partial charge < -0.3 is 10.1 Å². The van der Waals surface area contributed by atoms with E-state index in [2.05, 4.69) is 5.32 Å². The first-order chi connectivity index (χ1) is 10.4. The number of hydrogen-bond donors (Lipinski definition) is 1. The van der Waals surface area contributed by atoms with Crippen LogP contribution in [0.3, 0.4) is 0 Å². The zero-order chi connectivity index (χ0) is 16.3. The minimum absolute atomic E-state index is 0.246. The summed E-state index contributed by atoms with van der Waals surface area (Å²) in [5.74, 6) is 0.141. The predicted molar refractivity (Wildman–Crippen MR) is 91.1 cm³/mol. The van der Waals surface area contributed by atoms with E-state index in [0.717, 1.165) is 16.8 Å². The Kier molecular flexibility index (Phi) is 5.33. The van der Waals surface area contributed by atoms with Crippen LogP contribution in [-0.2, 0) is 4.79 Å². The smallest absolute Gasteiger partial charge is 0.265 e. The first-order valence-corrected chi connectivity index (χ1v) is 7.63. The minimum Gasteiger partial charge on any atom is -0.479 e. The van der Waals surface area contributed by atoms with E-state index in [1.807, 2.05) is 32.0 Å². The van der Waals surface area contributed by atoms with Crippen LogP contribution in [0.5, 0.6) is 5.75 Å². The first-order valence-electron chi connectivity index (χ1n) is 6.88. The molecule has 3 nitrogen and oxygen atoms in total. The van der Waals surface area contributed by atoms with Gasteiger partial charge in [-0.25, -0.2) is 0 Å². The summed E-state index contributed by atoms with van der Waals surface area (Å²) in [4.78, 5) is 12.3. The van der Waals surface area contributed by atoms with Gasteiger partial charge >= 0.3 is 0 Å². The lowest BCUT2D eigenvalue weighted by Gasteiger charge is -2.17. The van der Waals surface area contributed by atoms with E-state index < -0.39 is 6.10 Å². The molecule has 2 rings (SSSR count). The molecule has 0 bridgehead atoms. The molecule has 2 aromatic carbocycles. The van der Waals surface area contributed by atoms with Gasteiger partial charge in [0.1, 0.15) is 10.8 Å². The molecule has 1 unspecified atom stereocenters. The number of ether oxygens (including phenoxy) is 1. The van der Waals surface area contributed by atoms with Crippen molar-refractivity contribution in [1.29, 1.82) is 0 Å². The van der Waals surface area contributed by atoms with Gasteiger partial charge in [-0.3, -0.25) is 4.79 Å². The average molecular weight is 338 g/mol. The highest BCUT2D eigenvalue weighted by Gasteiger charge is 2.18. The van der Waals surface area contributed by atoms with Gasteiger partial charge in [-0.1, -0.05) is 41.4 Å². The Balaban J connectivity index is 2.09. The Bertz CT molecular complexity index is 701. The Morgan fingerprint density at radius 2 is 1.82 bits per heavy atom. The topological polar surface area (TPSA) is 38.3 Å². The number of hydrogen-bond acceptors (Lipinski definition) is 2. The quantitative estimate of drug-likeness (QED) is 0.850. The zero-order valence-corrected chi connectivity index (χ0v) is 14.1. The molecule has 0 saturated carbocycles. The van der Waals surface area contributed by atoms with Gasteiger partial charge in [0.05, 0.1) is 5.02 Å². The maximum absolute atomic E-state index is 12.3. The molecule has 1 amide bonds. The average Bonchev–Trinajstić information content (AvgIpc) is 2.48. The third-order valence-electron chi connectivity index (χ3n) is 3.45. The highest BCUT2D eigenvalue weighted by molar-refractivity contribution is 6.42. The van der Waals surface area contributed by atoms with Gasteiger partial charge in [-0.2, -0.15) is 0 Å². The maximum Gasteiger partial charge on any atom is 0.265 e. The van der Waals surface area contributed by atoms with Crippen LogP contribution >= 0.6 is 23.2 Å². The summed E-state index contributed by atoms with van der Waals surface area (Å²) in [7, 11) is 0. The van der Waals surface area contributed by atoms with E-state index in [9.17, 15) is 4.79 Å². The van der Waals surface area contributed by atoms with Crippen molar-refractivity contribution in [2.24, 2.45) is 0 Å². The SMILES string of the molecule is Cc1cccc(NC(=O)C(C)Oc2cccc(Cl)c2Cl)c1C. The lowest BCUT2D eigenvalue weighted by atomic mass is 10.1. The molecule has 116 valence electrons. The monoisotopic (exact) mass is 337 g/mol. The van der Waals surface area contributed by atoms with Gasteiger partial charge in [-0.05, 0) is 50.1 Å². The second-order valence-corrected chi connectivity index (χ2v) is 5.83. The van der Waals surface area contributed by atoms with Gasteiger partial charge in [0.15, 0.2) is 6.10 Å². The van der Waals surface area contributed by atoms with Crippen LogP contribution in [0.15, 0.2) is 36.4 Å². The second-order valence-electron chi connectivity index (χ2n) is 5.05. The maximum atomic E-state index is 12.3. The number of rotatable bonds is 4. The summed E-state index contributed by atoms with van der Waals surface area (Å²) in [6.45, 7) is 5.62. The van der Waals surface area contributed by atoms with E-state index in [-0.39, 0.29) is 5.91 Å². The van der Waals surface area contributed by atoms with Gasteiger partial charge in [0.25, 0.3) is 5.91 Å². The highest BCUT2D eigenvalue weighted by Crippen LogP contribution is 2.32. The summed E-state index contributed by atoms with van der Waals surface area (Å²) < 4.78 is 5.60. The summed E-state index contributed by atoms with van der Waals surface area (Å²) in [5.41, 5.74) is 2.92. The summed E-state index contributed by atoms with van der Waals surface area (Å²) in [6.07, 6.45) is -0.698. The fourth-order valence-corrected chi connectivity index (χ4v) is 2.28. The predicted octanol–water partition coefficient (Wildman–Crippen LogP) is 5.02. The molecular formula is C17H17Cl2NO2. The molecule has 0 aliphatic rings. The third-order valence-corrected chi connectivity index (χ3v) is 4.25. The molecule has 0 aromatic heterocycles. The van der Waals surface area contributed by atoms with Crippen LogP contribution in [0, 0.1) is 13.8 Å². The molecule has 5 heteroatoms. The molecule has 0 fully saturated rings. The van der Waals surface area contributed by atoms with E-state index in [1.54, 1.807) is 25.1 Å². The molecule has 1 atom stereocenters. The van der Waals surface area contributed by atoms with Crippen LogP contribution in [0.25, 0.3) is 0 Å². The molecule has 0 spiro atoms. The number of benzene rings is 2. The van der Waals surface area contributed by atoms with Crippen molar-refractivity contribution in [3.8, 4) is 5.75 Å². The van der Waals surface area contributed by atoms with Crippen molar-refractivity contribution in [3.63, 3.8) is 0 Å². The highest BCUT2D eigenvalue weighted by atomic mass is 35.5. The van der Waals surface area contributed by atoms with E-state index in [1.165, 1.54) is 0 Å². The molecule has 22 heavy (non-hydrogen) atoms. The molecular weight excluding hydrogens is 321 g/mol. The van der Waals surface area contributed by atoms with Crippen molar-refractivity contribution in [3.05, 3.63) is 57.6 Å². The Labute approximate surface area is 140 Å². The number of aryl methyl sites for hydroxylation is 1. The lowest BCUT2D eigenvalue weighted by Crippen LogP contribution is -2.30. The largest absolute Gasteiger partial charge is 0.479 e. The van der Waals surface area contributed by atoms with Crippen molar-refractivity contribution >= 4 is 34.8 Å². The van der Waals surface area contributed by atoms with Gasteiger partial charge in [-0.15, -0.1) is 0 Å². The fourth-order valence-electron chi connectivity index (χ4n) is 1.94. The van der Waals surface area contributed by atoms with Crippen LogP contribution < -0.4 is 10.1 Å². The number of halogens is 2. The van der Waals surface area contributed by atoms with Crippen molar-refractivity contribution < 1.29 is 9.53 Å². The van der Waals surface area contributed by atoms with Gasteiger partial charge in [0.2, 0.25) is 0 Å². The van der Waals surface area contributed by atoms with E-state index in [0.29, 0.717) is 15.8 Å². The number of carbonyl (C=O) groups is 1. The van der Waals surface area contributed by atoms with Crippen LogP contribution in [0.1, 0.15) is 18.1 Å². The molecule has 0 saturated heterocycles. The summed E-state index contributed by atoms with van der Waals surface area (Å²) >= 11 is 12.0. The van der Waals surface area contributed by atoms with Crippen LogP contribution in [0.4, 0.5) is 5.69 Å². The van der Waals surface area contributed by atoms with Crippen LogP contribution in [-0.4, -0.2) is 12.0 Å². The number of carbonyl (C=O) groups excluding carboxylic acids is 1. The molecule has 0 radical (unpaired) electrons. The number of amides is 1. The summed E-state index contributed by atoms with van der Waals surface area (Å²) in [6, 6.07) is 10.8. The minimum atomic E-state index is -0.698. The molecule has 1 N–H and O–H groups in total. The zero-order valence-electron chi connectivity index (χ0n) is 12.6. The van der Waals surface area contributed by atoms with Crippen LogP contribution in [0.2, 0.25) is 10.0 Å². The third kappa shape index (κ3) is 3.73. The first kappa shape index (κ1) is 16.7. The number of nitrogens with one attached hydrogen (secondary N) is 1. The molecule has 2 aromatic rings. The van der Waals surface area contributed by atoms with E-state index >= 15 is 0 Å². The standard InChI is InChI=1S/C17H17Cl2NO2/c1-10-6-4-8-14(11(10)2)20-17(21)12(3)22-15-9-5-7-13(18)16(15)19/h4-9,12H,1-3H3,(H,20,21). The Morgan fingerprint density at radius 1 is 1.14 bits per heavy atom. The van der Waals surface area contributed by atoms with Gasteiger partial charge in [0, 0.05) is 5.69 Å². The lowest BCUT2D eigenvalue weighted by molar-refractivity contribution is -0.122. The molecule has 0 heterocycles. The summed E-state index contributed by atoms with van der Waals surface area (Å²) in [5, 5.41) is 3.56. The van der Waals surface area contributed by atoms with Crippen molar-refractivity contribution in [2.45, 2.75) is 26.9 Å². The van der Waals surface area contributed by atoms with Crippen molar-refractivity contribution in [1.82, 2.24) is 0 Å². The fraction of sp³-hybridized carbons (Fsp3) is 0.235. The second kappa shape index (κ2) is 7.03. The normalized spacial score (nSPS) is 11.9. The van der Waals surface area contributed by atoms with Crippen molar-refractivity contribution in [2.75, 3.05) is 5.32 Å². The number of anilines is 1. The molecule has 0 aliphatic carbocycles. The molecule has 0 aliphatic heterocycles. The van der Waals surface area contributed by atoms with E-state index in [4.69, 9.17) is 27.9 Å². The Morgan fingerprint density at radius 3 is 2.55 bits per heavy atom. The Hall–Kier alpha value is -1.71.